The number of tetrazole rings is 1. The lowest BCUT2D eigenvalue weighted by Crippen LogP contribution is -2.08. The Balaban J connectivity index is 1.84. The van der Waals surface area contributed by atoms with Crippen molar-refractivity contribution >= 4 is 33.7 Å². The van der Waals surface area contributed by atoms with Gasteiger partial charge in [0, 0.05) is 9.37 Å². The van der Waals surface area contributed by atoms with Crippen LogP contribution in [0.15, 0.2) is 32.7 Å². The van der Waals surface area contributed by atoms with E-state index in [-0.39, 0.29) is 5.56 Å². The lowest BCUT2D eigenvalue weighted by atomic mass is 10.2. The Morgan fingerprint density at radius 2 is 2.14 bits per heavy atom. The highest BCUT2D eigenvalue weighted by Crippen LogP contribution is 2.36. The normalized spacial score (nSPS) is 15.5. The van der Waals surface area contributed by atoms with Crippen molar-refractivity contribution in [2.24, 2.45) is 0 Å². The summed E-state index contributed by atoms with van der Waals surface area (Å²) in [5.74, 6) is -0.942. The van der Waals surface area contributed by atoms with Crippen LogP contribution >= 0.6 is 27.7 Å². The minimum atomic E-state index is -0.942. The van der Waals surface area contributed by atoms with Gasteiger partial charge in [0.1, 0.15) is 0 Å². The second kappa shape index (κ2) is 6.15. The maximum Gasteiger partial charge on any atom is 0.335 e. The van der Waals surface area contributed by atoms with E-state index in [0.717, 1.165) is 27.4 Å². The van der Waals surface area contributed by atoms with Crippen molar-refractivity contribution in [3.05, 3.63) is 28.2 Å². The Hall–Kier alpha value is -1.41. The molecule has 3 rings (SSSR count). The lowest BCUT2D eigenvalue weighted by Gasteiger charge is -2.11. The molecule has 1 aliphatic carbocycles. The predicted molar refractivity (Wildman–Crippen MR) is 80.5 cm³/mol. The quantitative estimate of drug-likeness (QED) is 0.890. The summed E-state index contributed by atoms with van der Waals surface area (Å²) in [6, 6.07) is 5.32. The molecule has 110 valence electrons. The van der Waals surface area contributed by atoms with Gasteiger partial charge in [0.05, 0.1) is 11.6 Å². The number of hydrogen-bond donors (Lipinski definition) is 1. The van der Waals surface area contributed by atoms with E-state index in [1.165, 1.54) is 24.6 Å². The van der Waals surface area contributed by atoms with Crippen molar-refractivity contribution in [3.63, 3.8) is 0 Å². The number of aromatic nitrogens is 4. The minimum absolute atomic E-state index is 0.251. The molecule has 6 nitrogen and oxygen atoms in total. The highest BCUT2D eigenvalue weighted by atomic mass is 79.9. The van der Waals surface area contributed by atoms with Crippen LogP contribution in [0.4, 0.5) is 0 Å². The molecule has 1 aliphatic rings. The predicted octanol–water partition coefficient (Wildman–Crippen LogP) is 3.40. The van der Waals surface area contributed by atoms with Crippen molar-refractivity contribution in [3.8, 4) is 0 Å². The molecule has 0 atom stereocenters. The Labute approximate surface area is 134 Å². The smallest absolute Gasteiger partial charge is 0.335 e. The Bertz CT molecular complexity index is 670. The van der Waals surface area contributed by atoms with Crippen LogP contribution in [0, 0.1) is 0 Å². The van der Waals surface area contributed by atoms with E-state index in [2.05, 4.69) is 31.5 Å². The van der Waals surface area contributed by atoms with E-state index in [0.29, 0.717) is 6.04 Å². The molecule has 1 heterocycles. The van der Waals surface area contributed by atoms with Gasteiger partial charge < -0.3 is 5.11 Å². The molecular formula is C13H13BrN4O2S. The number of aromatic carboxylic acids is 1. The molecular weight excluding hydrogens is 356 g/mol. The van der Waals surface area contributed by atoms with E-state index in [4.69, 9.17) is 5.11 Å². The third-order valence-electron chi connectivity index (χ3n) is 3.51. The van der Waals surface area contributed by atoms with Crippen LogP contribution in [0.25, 0.3) is 0 Å². The van der Waals surface area contributed by atoms with Gasteiger partial charge >= 0.3 is 5.97 Å². The van der Waals surface area contributed by atoms with Crippen LogP contribution in [0.3, 0.4) is 0 Å². The van der Waals surface area contributed by atoms with Crippen LogP contribution < -0.4 is 0 Å². The van der Waals surface area contributed by atoms with Crippen LogP contribution in [-0.4, -0.2) is 31.3 Å². The molecule has 8 heteroatoms. The van der Waals surface area contributed by atoms with Gasteiger partial charge in [0.2, 0.25) is 5.16 Å². The highest BCUT2D eigenvalue weighted by molar-refractivity contribution is 9.10. The van der Waals surface area contributed by atoms with E-state index < -0.39 is 5.97 Å². The summed E-state index contributed by atoms with van der Waals surface area (Å²) >= 11 is 4.85. The van der Waals surface area contributed by atoms with Gasteiger partial charge in [-0.2, -0.15) is 0 Å². The topological polar surface area (TPSA) is 80.9 Å². The number of carboxylic acid groups (broad SMARTS) is 1. The number of nitrogens with zero attached hydrogens (tertiary/aromatic N) is 4. The van der Waals surface area contributed by atoms with Crippen LogP contribution in [0.1, 0.15) is 42.1 Å². The fraction of sp³-hybridized carbons (Fsp3) is 0.385. The Morgan fingerprint density at radius 3 is 2.81 bits per heavy atom. The fourth-order valence-electron chi connectivity index (χ4n) is 2.45. The molecule has 1 saturated carbocycles. The van der Waals surface area contributed by atoms with E-state index in [1.54, 1.807) is 18.2 Å². The molecule has 0 saturated heterocycles. The number of benzene rings is 1. The maximum absolute atomic E-state index is 10.9. The number of halogens is 1. The SMILES string of the molecule is O=C(O)c1ccc(Sc2nnnn2C2CCCC2)c(Br)c1. The van der Waals surface area contributed by atoms with Crippen LogP contribution in [0.5, 0.6) is 0 Å². The van der Waals surface area contributed by atoms with Gasteiger partial charge in [-0.3, -0.25) is 0 Å². The lowest BCUT2D eigenvalue weighted by molar-refractivity contribution is 0.0696. The fourth-order valence-corrected chi connectivity index (χ4v) is 3.91. The summed E-state index contributed by atoms with van der Waals surface area (Å²) in [5.41, 5.74) is 0.251. The van der Waals surface area contributed by atoms with Gasteiger partial charge in [-0.1, -0.05) is 12.8 Å². The number of rotatable bonds is 4. The number of carbonyl (C=O) groups is 1. The van der Waals surface area contributed by atoms with Crippen molar-refractivity contribution < 1.29 is 9.90 Å². The van der Waals surface area contributed by atoms with Crippen LogP contribution in [0.2, 0.25) is 0 Å². The first-order valence-electron chi connectivity index (χ1n) is 6.63. The standard InChI is InChI=1S/C13H13BrN4O2S/c14-10-7-8(12(19)20)5-6-11(10)21-13-15-16-17-18(13)9-3-1-2-4-9/h5-7,9H,1-4H2,(H,19,20). The first kappa shape index (κ1) is 14.5. The summed E-state index contributed by atoms with van der Waals surface area (Å²) in [6.45, 7) is 0. The van der Waals surface area contributed by atoms with Crippen molar-refractivity contribution in [1.82, 2.24) is 20.2 Å². The molecule has 0 radical (unpaired) electrons. The summed E-state index contributed by atoms with van der Waals surface area (Å²) in [4.78, 5) is 11.8. The van der Waals surface area contributed by atoms with Crippen molar-refractivity contribution in [2.75, 3.05) is 0 Å². The largest absolute Gasteiger partial charge is 0.478 e. The van der Waals surface area contributed by atoms with Gasteiger partial charge in [0.15, 0.2) is 0 Å². The molecule has 0 aliphatic heterocycles. The highest BCUT2D eigenvalue weighted by Gasteiger charge is 2.22. The molecule has 1 fully saturated rings. The zero-order valence-electron chi connectivity index (χ0n) is 11.1. The molecule has 1 aromatic heterocycles. The summed E-state index contributed by atoms with van der Waals surface area (Å²) in [6.07, 6.45) is 4.65. The second-order valence-electron chi connectivity index (χ2n) is 4.90. The molecule has 0 spiro atoms. The third kappa shape index (κ3) is 3.11. The van der Waals surface area contributed by atoms with Gasteiger partial charge in [-0.15, -0.1) is 5.10 Å². The molecule has 1 aromatic carbocycles. The second-order valence-corrected chi connectivity index (χ2v) is 6.76. The van der Waals surface area contributed by atoms with E-state index in [9.17, 15) is 4.79 Å². The number of carboxylic acids is 1. The summed E-state index contributed by atoms with van der Waals surface area (Å²) in [7, 11) is 0. The molecule has 0 amide bonds. The van der Waals surface area contributed by atoms with E-state index >= 15 is 0 Å². The van der Waals surface area contributed by atoms with Gasteiger partial charge in [-0.05, 0) is 69.2 Å². The monoisotopic (exact) mass is 368 g/mol. The molecule has 1 N–H and O–H groups in total. The number of hydrogen-bond acceptors (Lipinski definition) is 5. The molecule has 2 aromatic rings. The molecule has 0 bridgehead atoms. The van der Waals surface area contributed by atoms with Gasteiger partial charge in [0.25, 0.3) is 0 Å². The third-order valence-corrected chi connectivity index (χ3v) is 5.46. The first-order chi connectivity index (χ1) is 10.1. The van der Waals surface area contributed by atoms with Crippen molar-refractivity contribution in [1.29, 1.82) is 0 Å². The summed E-state index contributed by atoms with van der Waals surface area (Å²) in [5, 5.41) is 21.7. The zero-order chi connectivity index (χ0) is 14.8. The van der Waals surface area contributed by atoms with Crippen LogP contribution in [-0.2, 0) is 0 Å². The molecule has 0 unspecified atom stereocenters. The summed E-state index contributed by atoms with van der Waals surface area (Å²) < 4.78 is 2.61. The van der Waals surface area contributed by atoms with E-state index in [1.807, 2.05) is 4.68 Å². The maximum atomic E-state index is 10.9. The minimum Gasteiger partial charge on any atom is -0.478 e. The molecule has 21 heavy (non-hydrogen) atoms. The van der Waals surface area contributed by atoms with Gasteiger partial charge in [-0.25, -0.2) is 9.48 Å². The Kier molecular flexibility index (Phi) is 4.25. The first-order valence-corrected chi connectivity index (χ1v) is 8.24. The average Bonchev–Trinajstić information content (AvgIpc) is 3.11. The Morgan fingerprint density at radius 1 is 1.38 bits per heavy atom. The van der Waals surface area contributed by atoms with Crippen molar-refractivity contribution in [2.45, 2.75) is 41.8 Å². The average molecular weight is 369 g/mol. The zero-order valence-corrected chi connectivity index (χ0v) is 13.5.